The number of nitrogens with one attached hydrogen (secondary N) is 1. The van der Waals surface area contributed by atoms with Crippen LogP contribution >= 0.6 is 0 Å². The van der Waals surface area contributed by atoms with Crippen LogP contribution in [0.4, 0.5) is 5.69 Å². The van der Waals surface area contributed by atoms with E-state index in [1.807, 2.05) is 0 Å². The number of hydrogen-bond acceptors (Lipinski definition) is 4. The number of nitrogens with zero attached hydrogens (tertiary/aromatic N) is 1. The van der Waals surface area contributed by atoms with Crippen molar-refractivity contribution in [1.82, 2.24) is 5.32 Å². The predicted octanol–water partition coefficient (Wildman–Crippen LogP) is 2.15. The van der Waals surface area contributed by atoms with Crippen LogP contribution in [0.3, 0.4) is 0 Å². The van der Waals surface area contributed by atoms with E-state index in [4.69, 9.17) is 4.74 Å². The largest absolute Gasteiger partial charge is 0.481 e. The molecule has 0 heterocycles. The average molecular weight is 366 g/mol. The first-order chi connectivity index (χ1) is 11.7. The van der Waals surface area contributed by atoms with Gasteiger partial charge in [0.15, 0.2) is 6.10 Å². The van der Waals surface area contributed by atoms with Crippen molar-refractivity contribution in [2.75, 3.05) is 17.6 Å². The number of carbonyl (C=O) groups is 1. The van der Waals surface area contributed by atoms with Crippen LogP contribution in [-0.4, -0.2) is 39.8 Å². The zero-order chi connectivity index (χ0) is 18.2. The Kier molecular flexibility index (Phi) is 4.95. The second kappa shape index (κ2) is 6.86. The monoisotopic (exact) mass is 366 g/mol. The lowest BCUT2D eigenvalue weighted by atomic mass is 9.95. The number of anilines is 1. The molecule has 2 bridgehead atoms. The molecule has 0 radical (unpaired) electrons. The average Bonchev–Trinajstić information content (AvgIpc) is 3.16. The number of ether oxygens (including phenoxy) is 1. The van der Waals surface area contributed by atoms with E-state index in [1.54, 1.807) is 31.2 Å². The molecule has 1 N–H and O–H groups in total. The predicted molar refractivity (Wildman–Crippen MR) is 97.2 cm³/mol. The zero-order valence-electron chi connectivity index (χ0n) is 14.9. The Bertz CT molecular complexity index is 732. The van der Waals surface area contributed by atoms with Crippen LogP contribution in [0.25, 0.3) is 0 Å². The van der Waals surface area contributed by atoms with E-state index in [2.05, 4.69) is 5.32 Å². The molecule has 4 atom stereocenters. The van der Waals surface area contributed by atoms with Gasteiger partial charge in [-0.05, 0) is 62.3 Å². The summed E-state index contributed by atoms with van der Waals surface area (Å²) in [4.78, 5) is 12.4. The third-order valence-electron chi connectivity index (χ3n) is 5.45. The van der Waals surface area contributed by atoms with Gasteiger partial charge < -0.3 is 10.1 Å². The summed E-state index contributed by atoms with van der Waals surface area (Å²) in [5.74, 6) is 1.87. The van der Waals surface area contributed by atoms with Crippen LogP contribution in [0.5, 0.6) is 5.75 Å². The van der Waals surface area contributed by atoms with Crippen molar-refractivity contribution in [3.63, 3.8) is 0 Å². The molecular weight excluding hydrogens is 340 g/mol. The van der Waals surface area contributed by atoms with Crippen LogP contribution in [0.1, 0.15) is 32.6 Å². The number of benzene rings is 1. The molecule has 1 amide bonds. The molecule has 0 saturated heterocycles. The van der Waals surface area contributed by atoms with Gasteiger partial charge in [0.05, 0.1) is 11.9 Å². The van der Waals surface area contributed by atoms with Gasteiger partial charge >= 0.3 is 0 Å². The van der Waals surface area contributed by atoms with Gasteiger partial charge in [-0.25, -0.2) is 8.42 Å². The lowest BCUT2D eigenvalue weighted by Crippen LogP contribution is -2.44. The highest BCUT2D eigenvalue weighted by atomic mass is 32.2. The van der Waals surface area contributed by atoms with Crippen LogP contribution < -0.4 is 14.4 Å². The van der Waals surface area contributed by atoms with Crippen LogP contribution in [0, 0.1) is 11.8 Å². The highest BCUT2D eigenvalue weighted by Gasteiger charge is 2.40. The maximum absolute atomic E-state index is 12.4. The fraction of sp³-hybridized carbons (Fsp3) is 0.611. The van der Waals surface area contributed by atoms with Crippen molar-refractivity contribution in [3.05, 3.63) is 24.3 Å². The summed E-state index contributed by atoms with van der Waals surface area (Å²) in [7, 11) is -1.80. The molecule has 2 aliphatic rings. The van der Waals surface area contributed by atoms with Gasteiger partial charge in [-0.3, -0.25) is 9.10 Å². The number of carbonyl (C=O) groups excluding carboxylic acids is 1. The second-order valence-corrected chi connectivity index (χ2v) is 9.29. The summed E-state index contributed by atoms with van der Waals surface area (Å²) in [5, 5.41) is 3.13. The van der Waals surface area contributed by atoms with Gasteiger partial charge in [0.1, 0.15) is 5.75 Å². The molecule has 2 fully saturated rings. The summed E-state index contributed by atoms with van der Waals surface area (Å²) in [6, 6.07) is 6.98. The Labute approximate surface area is 149 Å². The molecule has 138 valence electrons. The van der Waals surface area contributed by atoms with E-state index < -0.39 is 16.1 Å². The van der Waals surface area contributed by atoms with Crippen LogP contribution in [0.15, 0.2) is 24.3 Å². The molecule has 1 aromatic carbocycles. The fourth-order valence-corrected chi connectivity index (χ4v) is 4.41. The lowest BCUT2D eigenvalue weighted by molar-refractivity contribution is -0.128. The molecule has 25 heavy (non-hydrogen) atoms. The Morgan fingerprint density at radius 3 is 2.44 bits per heavy atom. The highest BCUT2D eigenvalue weighted by Crippen LogP contribution is 2.44. The first-order valence-electron chi connectivity index (χ1n) is 8.75. The number of rotatable bonds is 6. The van der Waals surface area contributed by atoms with E-state index >= 15 is 0 Å². The van der Waals surface area contributed by atoms with E-state index in [0.717, 1.165) is 18.6 Å². The highest BCUT2D eigenvalue weighted by molar-refractivity contribution is 7.92. The molecule has 2 saturated carbocycles. The Morgan fingerprint density at radius 2 is 1.92 bits per heavy atom. The lowest BCUT2D eigenvalue weighted by Gasteiger charge is -2.25. The smallest absolute Gasteiger partial charge is 0.261 e. The number of sulfonamides is 1. The van der Waals surface area contributed by atoms with Crippen LogP contribution in [-0.2, 0) is 14.8 Å². The SMILES string of the molecule is C[C@@H](Oc1ccc(N(C)S(C)(=O)=O)cc1)C(=O)N[C@@H]1C[C@@H]2CC[C@@H]1C2. The quantitative estimate of drug-likeness (QED) is 0.837. The number of hydrogen-bond donors (Lipinski definition) is 1. The van der Waals surface area contributed by atoms with Gasteiger partial charge in [0.25, 0.3) is 5.91 Å². The summed E-state index contributed by atoms with van der Waals surface area (Å²) in [6.45, 7) is 1.74. The zero-order valence-corrected chi connectivity index (χ0v) is 15.8. The molecular formula is C18H26N2O4S. The fourth-order valence-electron chi connectivity index (χ4n) is 3.91. The molecule has 0 aromatic heterocycles. The second-order valence-electron chi connectivity index (χ2n) is 7.27. The molecule has 2 aliphatic carbocycles. The normalized spacial score (nSPS) is 26.3. The molecule has 0 unspecified atom stereocenters. The Morgan fingerprint density at radius 1 is 1.24 bits per heavy atom. The van der Waals surface area contributed by atoms with E-state index in [9.17, 15) is 13.2 Å². The molecule has 0 spiro atoms. The van der Waals surface area contributed by atoms with Crippen molar-refractivity contribution in [2.24, 2.45) is 11.8 Å². The third kappa shape index (κ3) is 4.08. The van der Waals surface area contributed by atoms with E-state index in [0.29, 0.717) is 23.4 Å². The van der Waals surface area contributed by atoms with Crippen molar-refractivity contribution >= 4 is 21.6 Å². The van der Waals surface area contributed by atoms with Gasteiger partial charge in [0.2, 0.25) is 10.0 Å². The first kappa shape index (κ1) is 18.0. The van der Waals surface area contributed by atoms with Gasteiger partial charge in [-0.2, -0.15) is 0 Å². The summed E-state index contributed by atoms with van der Waals surface area (Å²) < 4.78 is 30.0. The third-order valence-corrected chi connectivity index (χ3v) is 6.65. The van der Waals surface area contributed by atoms with Crippen LogP contribution in [0.2, 0.25) is 0 Å². The van der Waals surface area contributed by atoms with Gasteiger partial charge in [-0.1, -0.05) is 6.42 Å². The molecule has 0 aliphatic heterocycles. The maximum atomic E-state index is 12.4. The summed E-state index contributed by atoms with van der Waals surface area (Å²) >= 11 is 0. The van der Waals surface area contributed by atoms with Crippen molar-refractivity contribution < 1.29 is 17.9 Å². The molecule has 7 heteroatoms. The van der Waals surface area contributed by atoms with Crippen molar-refractivity contribution in [3.8, 4) is 5.75 Å². The number of fused-ring (bicyclic) bond motifs is 2. The van der Waals surface area contributed by atoms with E-state index in [1.165, 1.54) is 30.6 Å². The number of amides is 1. The topological polar surface area (TPSA) is 75.7 Å². The summed E-state index contributed by atoms with van der Waals surface area (Å²) in [5.41, 5.74) is 0.550. The minimum atomic E-state index is -3.29. The van der Waals surface area contributed by atoms with E-state index in [-0.39, 0.29) is 5.91 Å². The standard InChI is InChI=1S/C18H26N2O4S/c1-12(18(21)19-17-11-13-4-5-14(17)10-13)24-16-8-6-15(7-9-16)20(2)25(3,22)23/h6-9,12-14,17H,4-5,10-11H2,1-3H3,(H,19,21)/t12-,13-,14-,17-/m1/s1. The molecule has 1 aromatic rings. The maximum Gasteiger partial charge on any atom is 0.261 e. The first-order valence-corrected chi connectivity index (χ1v) is 10.6. The Hall–Kier alpha value is -1.76. The van der Waals surface area contributed by atoms with Gasteiger partial charge in [-0.15, -0.1) is 0 Å². The van der Waals surface area contributed by atoms with Crippen molar-refractivity contribution in [2.45, 2.75) is 44.8 Å². The molecule has 6 nitrogen and oxygen atoms in total. The Balaban J connectivity index is 1.55. The molecule has 3 rings (SSSR count). The summed E-state index contributed by atoms with van der Waals surface area (Å²) in [6.07, 6.45) is 5.43. The van der Waals surface area contributed by atoms with Crippen molar-refractivity contribution in [1.29, 1.82) is 0 Å². The van der Waals surface area contributed by atoms with Gasteiger partial charge in [0, 0.05) is 13.1 Å². The minimum Gasteiger partial charge on any atom is -0.481 e. The minimum absolute atomic E-state index is 0.0881.